The standard InChI is InChI=1S/C15H21NO/c1-3-5-6-11-16-15(17)12-14-9-7-13(4-2)8-10-14/h4,7-10H,2-3,5-6,11-12H2,1H3,(H,16,17). The van der Waals surface area contributed by atoms with Crippen molar-refractivity contribution in [3.8, 4) is 0 Å². The molecule has 0 saturated heterocycles. The second-order valence-corrected chi connectivity index (χ2v) is 4.18. The lowest BCUT2D eigenvalue weighted by Crippen LogP contribution is -2.26. The Morgan fingerprint density at radius 3 is 2.59 bits per heavy atom. The van der Waals surface area contributed by atoms with E-state index < -0.39 is 0 Å². The summed E-state index contributed by atoms with van der Waals surface area (Å²) in [4.78, 5) is 11.6. The van der Waals surface area contributed by atoms with Gasteiger partial charge >= 0.3 is 0 Å². The van der Waals surface area contributed by atoms with E-state index in [1.54, 1.807) is 6.08 Å². The molecule has 1 N–H and O–H groups in total. The zero-order valence-corrected chi connectivity index (χ0v) is 10.5. The van der Waals surface area contributed by atoms with Crippen molar-refractivity contribution < 1.29 is 4.79 Å². The van der Waals surface area contributed by atoms with Gasteiger partial charge in [-0.3, -0.25) is 4.79 Å². The van der Waals surface area contributed by atoms with Gasteiger partial charge in [0, 0.05) is 6.54 Å². The molecule has 0 radical (unpaired) electrons. The van der Waals surface area contributed by atoms with Crippen LogP contribution < -0.4 is 5.32 Å². The van der Waals surface area contributed by atoms with Gasteiger partial charge in [0.1, 0.15) is 0 Å². The number of carbonyl (C=O) groups is 1. The van der Waals surface area contributed by atoms with Crippen LogP contribution in [0.1, 0.15) is 37.3 Å². The van der Waals surface area contributed by atoms with Crippen molar-refractivity contribution in [1.82, 2.24) is 5.32 Å². The molecule has 0 heterocycles. The Bertz CT molecular complexity index is 354. The maximum Gasteiger partial charge on any atom is 0.224 e. The third-order valence-corrected chi connectivity index (χ3v) is 2.68. The van der Waals surface area contributed by atoms with Gasteiger partial charge in [0.05, 0.1) is 6.42 Å². The zero-order valence-electron chi connectivity index (χ0n) is 10.5. The quantitative estimate of drug-likeness (QED) is 0.717. The van der Waals surface area contributed by atoms with E-state index in [9.17, 15) is 4.79 Å². The largest absolute Gasteiger partial charge is 0.356 e. The first-order valence-corrected chi connectivity index (χ1v) is 6.24. The van der Waals surface area contributed by atoms with Gasteiger partial charge in [-0.05, 0) is 17.5 Å². The van der Waals surface area contributed by atoms with E-state index in [-0.39, 0.29) is 5.91 Å². The van der Waals surface area contributed by atoms with Crippen LogP contribution in [0.4, 0.5) is 0 Å². The number of amides is 1. The Morgan fingerprint density at radius 1 is 1.29 bits per heavy atom. The molecule has 0 atom stereocenters. The molecule has 0 aliphatic heterocycles. The summed E-state index contributed by atoms with van der Waals surface area (Å²) < 4.78 is 0. The smallest absolute Gasteiger partial charge is 0.224 e. The van der Waals surface area contributed by atoms with Gasteiger partial charge in [-0.25, -0.2) is 0 Å². The second kappa shape index (κ2) is 7.66. The first-order chi connectivity index (χ1) is 8.26. The molecule has 1 aromatic rings. The van der Waals surface area contributed by atoms with Crippen LogP contribution in [0.5, 0.6) is 0 Å². The molecule has 1 amide bonds. The molecular formula is C15H21NO. The minimum atomic E-state index is 0.104. The molecule has 0 aromatic heterocycles. The number of benzene rings is 1. The summed E-state index contributed by atoms with van der Waals surface area (Å²) in [7, 11) is 0. The highest BCUT2D eigenvalue weighted by atomic mass is 16.1. The summed E-state index contributed by atoms with van der Waals surface area (Å²) in [6.45, 7) is 6.65. The van der Waals surface area contributed by atoms with E-state index in [1.165, 1.54) is 12.8 Å². The van der Waals surface area contributed by atoms with Crippen molar-refractivity contribution in [2.75, 3.05) is 6.54 Å². The fourth-order valence-electron chi connectivity index (χ4n) is 1.62. The highest BCUT2D eigenvalue weighted by molar-refractivity contribution is 5.78. The molecule has 2 heteroatoms. The first kappa shape index (κ1) is 13.5. The minimum absolute atomic E-state index is 0.104. The van der Waals surface area contributed by atoms with Gasteiger partial charge in [0.25, 0.3) is 0 Å². The van der Waals surface area contributed by atoms with Gasteiger partial charge in [-0.1, -0.05) is 56.7 Å². The van der Waals surface area contributed by atoms with Gasteiger partial charge < -0.3 is 5.32 Å². The van der Waals surface area contributed by atoms with E-state index in [4.69, 9.17) is 0 Å². The lowest BCUT2D eigenvalue weighted by molar-refractivity contribution is -0.120. The average molecular weight is 231 g/mol. The third-order valence-electron chi connectivity index (χ3n) is 2.68. The van der Waals surface area contributed by atoms with Crippen LogP contribution in [0.15, 0.2) is 30.8 Å². The van der Waals surface area contributed by atoms with Crippen molar-refractivity contribution in [1.29, 1.82) is 0 Å². The highest BCUT2D eigenvalue weighted by Gasteiger charge is 2.02. The Labute approximate surface area is 104 Å². The van der Waals surface area contributed by atoms with Gasteiger partial charge in [0.2, 0.25) is 5.91 Å². The SMILES string of the molecule is C=Cc1ccc(CC(=O)NCCCCC)cc1. The lowest BCUT2D eigenvalue weighted by atomic mass is 10.1. The lowest BCUT2D eigenvalue weighted by Gasteiger charge is -2.05. The molecule has 1 aromatic carbocycles. The topological polar surface area (TPSA) is 29.1 Å². The fourth-order valence-corrected chi connectivity index (χ4v) is 1.62. The molecule has 17 heavy (non-hydrogen) atoms. The second-order valence-electron chi connectivity index (χ2n) is 4.18. The summed E-state index contributed by atoms with van der Waals surface area (Å²) in [6.07, 6.45) is 5.68. The van der Waals surface area contributed by atoms with Crippen molar-refractivity contribution in [3.63, 3.8) is 0 Å². The van der Waals surface area contributed by atoms with Crippen molar-refractivity contribution in [2.45, 2.75) is 32.6 Å². The number of carbonyl (C=O) groups excluding carboxylic acids is 1. The Morgan fingerprint density at radius 2 is 2.00 bits per heavy atom. The average Bonchev–Trinajstić information content (AvgIpc) is 2.36. The molecule has 2 nitrogen and oxygen atoms in total. The van der Waals surface area contributed by atoms with E-state index in [0.717, 1.165) is 24.1 Å². The highest BCUT2D eigenvalue weighted by Crippen LogP contribution is 2.06. The molecule has 0 saturated carbocycles. The van der Waals surface area contributed by atoms with Gasteiger partial charge in [-0.15, -0.1) is 0 Å². The number of unbranched alkanes of at least 4 members (excludes halogenated alkanes) is 2. The maximum absolute atomic E-state index is 11.6. The molecule has 0 spiro atoms. The number of hydrogen-bond donors (Lipinski definition) is 1. The van der Waals surface area contributed by atoms with Crippen LogP contribution in [0.3, 0.4) is 0 Å². The van der Waals surface area contributed by atoms with E-state index in [1.807, 2.05) is 24.3 Å². The van der Waals surface area contributed by atoms with Gasteiger partial charge in [0.15, 0.2) is 0 Å². The van der Waals surface area contributed by atoms with Crippen LogP contribution in [-0.2, 0) is 11.2 Å². The molecule has 0 bridgehead atoms. The summed E-state index contributed by atoms with van der Waals surface area (Å²) >= 11 is 0. The fraction of sp³-hybridized carbons (Fsp3) is 0.400. The summed E-state index contributed by atoms with van der Waals surface area (Å²) in [6, 6.07) is 7.91. The van der Waals surface area contributed by atoms with E-state index >= 15 is 0 Å². The molecule has 92 valence electrons. The zero-order chi connectivity index (χ0) is 12.5. The Hall–Kier alpha value is -1.57. The number of nitrogens with one attached hydrogen (secondary N) is 1. The molecule has 0 fully saturated rings. The van der Waals surface area contributed by atoms with Crippen LogP contribution >= 0.6 is 0 Å². The number of hydrogen-bond acceptors (Lipinski definition) is 1. The summed E-state index contributed by atoms with van der Waals surface area (Å²) in [5.41, 5.74) is 2.13. The monoisotopic (exact) mass is 231 g/mol. The summed E-state index contributed by atoms with van der Waals surface area (Å²) in [5.74, 6) is 0.104. The molecular weight excluding hydrogens is 210 g/mol. The molecule has 0 unspecified atom stereocenters. The maximum atomic E-state index is 11.6. The van der Waals surface area contributed by atoms with Crippen LogP contribution in [0, 0.1) is 0 Å². The summed E-state index contributed by atoms with van der Waals surface area (Å²) in [5, 5.41) is 2.94. The first-order valence-electron chi connectivity index (χ1n) is 6.24. The molecule has 0 aliphatic carbocycles. The predicted octanol–water partition coefficient (Wildman–Crippen LogP) is 3.18. The minimum Gasteiger partial charge on any atom is -0.356 e. The van der Waals surface area contributed by atoms with Crippen molar-refractivity contribution in [3.05, 3.63) is 42.0 Å². The van der Waals surface area contributed by atoms with Gasteiger partial charge in [-0.2, -0.15) is 0 Å². The normalized spacial score (nSPS) is 9.94. The third kappa shape index (κ3) is 5.34. The van der Waals surface area contributed by atoms with Crippen LogP contribution in [0.25, 0.3) is 6.08 Å². The van der Waals surface area contributed by atoms with Crippen molar-refractivity contribution in [2.24, 2.45) is 0 Å². The van der Waals surface area contributed by atoms with Crippen LogP contribution in [-0.4, -0.2) is 12.5 Å². The molecule has 0 aliphatic rings. The van der Waals surface area contributed by atoms with E-state index in [0.29, 0.717) is 6.42 Å². The van der Waals surface area contributed by atoms with Crippen molar-refractivity contribution >= 4 is 12.0 Å². The Balaban J connectivity index is 2.32. The Kier molecular flexibility index (Phi) is 6.08. The molecule has 1 rings (SSSR count). The van der Waals surface area contributed by atoms with E-state index in [2.05, 4.69) is 18.8 Å². The van der Waals surface area contributed by atoms with Crippen LogP contribution in [0.2, 0.25) is 0 Å². The number of rotatable bonds is 7. The predicted molar refractivity (Wildman–Crippen MR) is 72.8 cm³/mol.